The minimum absolute atomic E-state index is 0.00177. The SMILES string of the molecule is CCC(C)NC(=O)c1ccccc1NC(=O)CCCN(c1ccccc1F)S(C)(=O)=O. The summed E-state index contributed by atoms with van der Waals surface area (Å²) in [6.07, 6.45) is 1.95. The van der Waals surface area contributed by atoms with Gasteiger partial charge in [-0.1, -0.05) is 31.2 Å². The lowest BCUT2D eigenvalue weighted by atomic mass is 10.1. The molecular formula is C22H28FN3O4S. The quantitative estimate of drug-likeness (QED) is 0.580. The number of sulfonamides is 1. The molecule has 0 aliphatic carbocycles. The van der Waals surface area contributed by atoms with Gasteiger partial charge >= 0.3 is 0 Å². The Morgan fingerprint density at radius 1 is 1.10 bits per heavy atom. The van der Waals surface area contributed by atoms with Crippen molar-refractivity contribution in [2.75, 3.05) is 22.4 Å². The molecule has 0 aromatic heterocycles. The van der Waals surface area contributed by atoms with Crippen LogP contribution in [0, 0.1) is 5.82 Å². The molecule has 7 nitrogen and oxygen atoms in total. The predicted molar refractivity (Wildman–Crippen MR) is 120 cm³/mol. The van der Waals surface area contributed by atoms with Crippen LogP contribution in [0.1, 0.15) is 43.5 Å². The van der Waals surface area contributed by atoms with Crippen molar-refractivity contribution in [3.05, 3.63) is 59.9 Å². The molecule has 0 spiro atoms. The van der Waals surface area contributed by atoms with Gasteiger partial charge in [-0.15, -0.1) is 0 Å². The normalized spacial score (nSPS) is 12.1. The smallest absolute Gasteiger partial charge is 0.253 e. The number of anilines is 2. The maximum absolute atomic E-state index is 14.1. The van der Waals surface area contributed by atoms with Gasteiger partial charge in [0.05, 0.1) is 23.2 Å². The van der Waals surface area contributed by atoms with Gasteiger partial charge in [-0.3, -0.25) is 13.9 Å². The molecule has 0 fully saturated rings. The van der Waals surface area contributed by atoms with E-state index in [4.69, 9.17) is 0 Å². The molecule has 0 aliphatic rings. The van der Waals surface area contributed by atoms with E-state index in [2.05, 4.69) is 10.6 Å². The Morgan fingerprint density at radius 3 is 2.39 bits per heavy atom. The molecule has 1 atom stereocenters. The van der Waals surface area contributed by atoms with E-state index < -0.39 is 15.8 Å². The van der Waals surface area contributed by atoms with Crippen LogP contribution in [0.4, 0.5) is 15.8 Å². The third-order valence-electron chi connectivity index (χ3n) is 4.72. The summed E-state index contributed by atoms with van der Waals surface area (Å²) in [6.45, 7) is 3.80. The molecule has 2 rings (SSSR count). The van der Waals surface area contributed by atoms with Crippen molar-refractivity contribution in [1.82, 2.24) is 5.32 Å². The monoisotopic (exact) mass is 449 g/mol. The number of hydrogen-bond donors (Lipinski definition) is 2. The van der Waals surface area contributed by atoms with Crippen LogP contribution in [-0.4, -0.2) is 39.1 Å². The van der Waals surface area contributed by atoms with E-state index in [0.29, 0.717) is 11.3 Å². The first-order valence-electron chi connectivity index (χ1n) is 10.1. The van der Waals surface area contributed by atoms with Crippen LogP contribution in [0.5, 0.6) is 0 Å². The van der Waals surface area contributed by atoms with Gasteiger partial charge in [0.1, 0.15) is 5.82 Å². The second-order valence-corrected chi connectivity index (χ2v) is 9.17. The van der Waals surface area contributed by atoms with E-state index in [-0.39, 0.29) is 42.9 Å². The first-order chi connectivity index (χ1) is 14.6. The summed E-state index contributed by atoms with van der Waals surface area (Å²) in [6, 6.07) is 12.2. The van der Waals surface area contributed by atoms with Crippen LogP contribution in [0.25, 0.3) is 0 Å². The number of halogens is 1. The first kappa shape index (κ1) is 24.3. The van der Waals surface area contributed by atoms with Gasteiger partial charge in [0.25, 0.3) is 5.91 Å². The highest BCUT2D eigenvalue weighted by molar-refractivity contribution is 7.92. The molecular weight excluding hydrogens is 421 g/mol. The van der Waals surface area contributed by atoms with E-state index in [9.17, 15) is 22.4 Å². The fourth-order valence-electron chi connectivity index (χ4n) is 2.91. The standard InChI is InChI=1S/C22H28FN3O4S/c1-4-16(2)24-22(28)17-10-5-7-12-19(17)25-21(27)14-9-15-26(31(3,29)30)20-13-8-6-11-18(20)23/h5-8,10-13,16H,4,9,14-15H2,1-3H3,(H,24,28)(H,25,27). The summed E-state index contributed by atoms with van der Waals surface area (Å²) in [4.78, 5) is 24.9. The molecule has 0 aliphatic heterocycles. The fourth-order valence-corrected chi connectivity index (χ4v) is 3.87. The van der Waals surface area contributed by atoms with Crippen LogP contribution in [0.2, 0.25) is 0 Å². The predicted octanol–water partition coefficient (Wildman–Crippen LogP) is 3.54. The summed E-state index contributed by atoms with van der Waals surface area (Å²) in [5.74, 6) is -1.31. The van der Waals surface area contributed by atoms with Crippen molar-refractivity contribution in [1.29, 1.82) is 0 Å². The van der Waals surface area contributed by atoms with Crippen LogP contribution in [-0.2, 0) is 14.8 Å². The number of amides is 2. The summed E-state index contributed by atoms with van der Waals surface area (Å²) >= 11 is 0. The maximum Gasteiger partial charge on any atom is 0.253 e. The number of nitrogens with zero attached hydrogens (tertiary/aromatic N) is 1. The molecule has 31 heavy (non-hydrogen) atoms. The van der Waals surface area contributed by atoms with Gasteiger partial charge in [-0.2, -0.15) is 0 Å². The number of para-hydroxylation sites is 2. The summed E-state index contributed by atoms with van der Waals surface area (Å²) in [5, 5.41) is 5.56. The first-order valence-corrected chi connectivity index (χ1v) is 11.9. The molecule has 9 heteroatoms. The van der Waals surface area contributed by atoms with Gasteiger partial charge in [-0.25, -0.2) is 12.8 Å². The van der Waals surface area contributed by atoms with Crippen LogP contribution in [0.15, 0.2) is 48.5 Å². The lowest BCUT2D eigenvalue weighted by molar-refractivity contribution is -0.116. The van der Waals surface area contributed by atoms with Crippen molar-refractivity contribution in [2.45, 2.75) is 39.2 Å². The zero-order valence-corrected chi connectivity index (χ0v) is 18.7. The Balaban J connectivity index is 2.02. The van der Waals surface area contributed by atoms with Crippen molar-refractivity contribution in [3.8, 4) is 0 Å². The molecule has 2 amide bonds. The van der Waals surface area contributed by atoms with Gasteiger partial charge < -0.3 is 10.6 Å². The van der Waals surface area contributed by atoms with Crippen molar-refractivity contribution in [2.24, 2.45) is 0 Å². The van der Waals surface area contributed by atoms with Crippen LogP contribution in [0.3, 0.4) is 0 Å². The fraction of sp³-hybridized carbons (Fsp3) is 0.364. The van der Waals surface area contributed by atoms with Gasteiger partial charge in [0.2, 0.25) is 15.9 Å². The number of benzene rings is 2. The van der Waals surface area contributed by atoms with Crippen molar-refractivity contribution in [3.63, 3.8) is 0 Å². The minimum Gasteiger partial charge on any atom is -0.350 e. The average Bonchev–Trinajstić information content (AvgIpc) is 2.71. The van der Waals surface area contributed by atoms with Crippen LogP contribution >= 0.6 is 0 Å². The zero-order chi connectivity index (χ0) is 23.0. The number of rotatable bonds is 10. The van der Waals surface area contributed by atoms with Crippen LogP contribution < -0.4 is 14.9 Å². The number of hydrogen-bond acceptors (Lipinski definition) is 4. The number of nitrogens with one attached hydrogen (secondary N) is 2. The summed E-state index contributed by atoms with van der Waals surface area (Å²) in [7, 11) is -3.72. The van der Waals surface area contributed by atoms with E-state index in [0.717, 1.165) is 17.0 Å². The largest absolute Gasteiger partial charge is 0.350 e. The number of carbonyl (C=O) groups is 2. The Labute approximate surface area is 182 Å². The zero-order valence-electron chi connectivity index (χ0n) is 17.9. The third kappa shape index (κ3) is 7.06. The van der Waals surface area contributed by atoms with Gasteiger partial charge in [0.15, 0.2) is 0 Å². The van der Waals surface area contributed by atoms with E-state index in [1.807, 2.05) is 13.8 Å². The highest BCUT2D eigenvalue weighted by atomic mass is 32.2. The molecule has 2 N–H and O–H groups in total. The molecule has 0 saturated carbocycles. The lowest BCUT2D eigenvalue weighted by Crippen LogP contribution is -2.33. The molecule has 0 heterocycles. The second-order valence-electron chi connectivity index (χ2n) is 7.27. The Hall–Kier alpha value is -2.94. The second kappa shape index (κ2) is 10.9. The van der Waals surface area contributed by atoms with E-state index >= 15 is 0 Å². The molecule has 0 radical (unpaired) electrons. The summed E-state index contributed by atoms with van der Waals surface area (Å²) in [5.41, 5.74) is 0.667. The van der Waals surface area contributed by atoms with Gasteiger partial charge in [0, 0.05) is 19.0 Å². The highest BCUT2D eigenvalue weighted by Crippen LogP contribution is 2.22. The minimum atomic E-state index is -3.72. The van der Waals surface area contributed by atoms with Crippen molar-refractivity contribution >= 4 is 33.2 Å². The van der Waals surface area contributed by atoms with Crippen molar-refractivity contribution < 1.29 is 22.4 Å². The maximum atomic E-state index is 14.1. The topological polar surface area (TPSA) is 95.6 Å². The summed E-state index contributed by atoms with van der Waals surface area (Å²) < 4.78 is 39.2. The van der Waals surface area contributed by atoms with E-state index in [1.54, 1.807) is 30.3 Å². The Kier molecular flexibility index (Phi) is 8.56. The third-order valence-corrected chi connectivity index (χ3v) is 5.90. The van der Waals surface area contributed by atoms with E-state index in [1.165, 1.54) is 18.2 Å². The average molecular weight is 450 g/mol. The molecule has 0 bridgehead atoms. The molecule has 2 aromatic carbocycles. The Bertz CT molecular complexity index is 1030. The lowest BCUT2D eigenvalue weighted by Gasteiger charge is -2.22. The highest BCUT2D eigenvalue weighted by Gasteiger charge is 2.21. The molecule has 2 aromatic rings. The number of carbonyl (C=O) groups excluding carboxylic acids is 2. The van der Waals surface area contributed by atoms with Gasteiger partial charge in [-0.05, 0) is 44.0 Å². The molecule has 168 valence electrons. The molecule has 0 saturated heterocycles. The molecule has 1 unspecified atom stereocenters. The Morgan fingerprint density at radius 2 is 1.74 bits per heavy atom.